The number of carbonyl (C=O) groups excluding carboxylic acids is 1. The molecular formula is C27H37ClN4O. The number of hydrogen-bond donors (Lipinski definition) is 1. The van der Waals surface area contributed by atoms with Crippen molar-refractivity contribution in [2.75, 3.05) is 18.4 Å². The number of fused-ring (bicyclic) bond motifs is 1. The van der Waals surface area contributed by atoms with Gasteiger partial charge in [0.15, 0.2) is 0 Å². The lowest BCUT2D eigenvalue weighted by Gasteiger charge is -2.22. The molecule has 6 heteroatoms. The van der Waals surface area contributed by atoms with Crippen LogP contribution in [0.3, 0.4) is 0 Å². The van der Waals surface area contributed by atoms with Gasteiger partial charge in [-0.05, 0) is 55.2 Å². The number of nitrogens with zero attached hydrogens (tertiary/aromatic N) is 3. The lowest BCUT2D eigenvalue weighted by Crippen LogP contribution is -2.32. The maximum absolute atomic E-state index is 13.3. The smallest absolute Gasteiger partial charge is 0.253 e. The minimum absolute atomic E-state index is 0.121. The Morgan fingerprint density at radius 2 is 1.73 bits per heavy atom. The molecule has 0 aliphatic carbocycles. The zero-order chi connectivity index (χ0) is 23.6. The van der Waals surface area contributed by atoms with Crippen LogP contribution in [0.5, 0.6) is 0 Å². The number of imidazole rings is 1. The number of carbonyl (C=O) groups is 1. The van der Waals surface area contributed by atoms with Crippen LogP contribution in [-0.2, 0) is 13.1 Å². The van der Waals surface area contributed by atoms with E-state index in [0.29, 0.717) is 6.54 Å². The van der Waals surface area contributed by atoms with Gasteiger partial charge >= 0.3 is 0 Å². The first kappa shape index (κ1) is 25.1. The van der Waals surface area contributed by atoms with Gasteiger partial charge in [0.2, 0.25) is 5.95 Å². The van der Waals surface area contributed by atoms with Gasteiger partial charge in [-0.3, -0.25) is 4.79 Å². The van der Waals surface area contributed by atoms with E-state index < -0.39 is 0 Å². The lowest BCUT2D eigenvalue weighted by atomic mass is 10.1. The highest BCUT2D eigenvalue weighted by molar-refractivity contribution is 6.30. The molecule has 0 bridgehead atoms. The Kier molecular flexibility index (Phi) is 9.61. The van der Waals surface area contributed by atoms with Gasteiger partial charge in [-0.1, -0.05) is 63.8 Å². The number of hydrogen-bond acceptors (Lipinski definition) is 3. The first-order chi connectivity index (χ1) is 16.1. The molecule has 1 amide bonds. The van der Waals surface area contributed by atoms with Crippen LogP contribution in [-0.4, -0.2) is 33.4 Å². The molecule has 1 aromatic heterocycles. The summed E-state index contributed by atoms with van der Waals surface area (Å²) in [6.07, 6.45) is 6.37. The molecule has 0 saturated heterocycles. The largest absolute Gasteiger partial charge is 0.352 e. The number of aromatic nitrogens is 2. The van der Waals surface area contributed by atoms with E-state index in [2.05, 4.69) is 36.7 Å². The molecule has 5 nitrogen and oxygen atoms in total. The quantitative estimate of drug-likeness (QED) is 0.290. The predicted octanol–water partition coefficient (Wildman–Crippen LogP) is 7.14. The van der Waals surface area contributed by atoms with Crippen molar-refractivity contribution in [3.05, 3.63) is 58.6 Å². The second-order valence-electron chi connectivity index (χ2n) is 8.63. The van der Waals surface area contributed by atoms with Crippen molar-refractivity contribution in [1.82, 2.24) is 14.5 Å². The number of halogens is 1. The molecule has 1 N–H and O–H groups in total. The van der Waals surface area contributed by atoms with Crippen molar-refractivity contribution in [3.8, 4) is 0 Å². The average molecular weight is 469 g/mol. The molecule has 33 heavy (non-hydrogen) atoms. The van der Waals surface area contributed by atoms with Crippen LogP contribution in [0.2, 0.25) is 5.02 Å². The second kappa shape index (κ2) is 12.6. The van der Waals surface area contributed by atoms with E-state index in [-0.39, 0.29) is 5.91 Å². The average Bonchev–Trinajstić information content (AvgIpc) is 3.17. The highest BCUT2D eigenvalue weighted by atomic mass is 35.5. The topological polar surface area (TPSA) is 50.2 Å². The molecule has 0 fully saturated rings. The van der Waals surface area contributed by atoms with Gasteiger partial charge in [0.05, 0.1) is 11.0 Å². The Balaban J connectivity index is 1.88. The Hall–Kier alpha value is -2.53. The van der Waals surface area contributed by atoms with E-state index in [4.69, 9.17) is 16.6 Å². The second-order valence-corrected chi connectivity index (χ2v) is 9.06. The third-order valence-electron chi connectivity index (χ3n) is 5.92. The summed E-state index contributed by atoms with van der Waals surface area (Å²) in [7, 11) is 0. The fourth-order valence-electron chi connectivity index (χ4n) is 3.96. The Morgan fingerprint density at radius 1 is 1.00 bits per heavy atom. The zero-order valence-corrected chi connectivity index (χ0v) is 21.0. The van der Waals surface area contributed by atoms with Gasteiger partial charge in [-0.2, -0.15) is 0 Å². The minimum Gasteiger partial charge on any atom is -0.352 e. The maximum atomic E-state index is 13.3. The van der Waals surface area contributed by atoms with E-state index in [1.165, 1.54) is 0 Å². The maximum Gasteiger partial charge on any atom is 0.253 e. The molecule has 2 aromatic carbocycles. The molecule has 3 aromatic rings. The zero-order valence-electron chi connectivity index (χ0n) is 20.2. The van der Waals surface area contributed by atoms with Gasteiger partial charge in [-0.15, -0.1) is 0 Å². The summed E-state index contributed by atoms with van der Waals surface area (Å²) < 4.78 is 2.21. The summed E-state index contributed by atoms with van der Waals surface area (Å²) in [5, 5.41) is 4.21. The molecule has 0 aliphatic heterocycles. The minimum atomic E-state index is 0.121. The monoisotopic (exact) mass is 468 g/mol. The lowest BCUT2D eigenvalue weighted by molar-refractivity contribution is 0.0751. The molecule has 178 valence electrons. The van der Waals surface area contributed by atoms with E-state index in [0.717, 1.165) is 91.3 Å². The first-order valence-electron chi connectivity index (χ1n) is 12.3. The summed E-state index contributed by atoms with van der Waals surface area (Å²) in [6, 6.07) is 13.8. The molecule has 0 radical (unpaired) electrons. The van der Waals surface area contributed by atoms with Crippen molar-refractivity contribution in [1.29, 1.82) is 0 Å². The third-order valence-corrected chi connectivity index (χ3v) is 6.16. The van der Waals surface area contributed by atoms with Crippen LogP contribution >= 0.6 is 11.6 Å². The van der Waals surface area contributed by atoms with Crippen molar-refractivity contribution >= 4 is 34.5 Å². The molecule has 3 rings (SSSR count). The van der Waals surface area contributed by atoms with Crippen molar-refractivity contribution in [2.45, 2.75) is 72.4 Å². The van der Waals surface area contributed by atoms with Crippen LogP contribution in [0.25, 0.3) is 11.0 Å². The Morgan fingerprint density at radius 3 is 2.39 bits per heavy atom. The molecule has 0 unspecified atom stereocenters. The predicted molar refractivity (Wildman–Crippen MR) is 139 cm³/mol. The van der Waals surface area contributed by atoms with Crippen LogP contribution < -0.4 is 5.32 Å². The van der Waals surface area contributed by atoms with Gasteiger partial charge in [0, 0.05) is 36.8 Å². The van der Waals surface area contributed by atoms with Crippen LogP contribution in [0.15, 0.2) is 42.5 Å². The number of unbranched alkanes of at least 4 members (excludes halogenated alkanes) is 3. The number of amides is 1. The number of rotatable bonds is 13. The summed E-state index contributed by atoms with van der Waals surface area (Å²) in [5.41, 5.74) is 3.77. The normalized spacial score (nSPS) is 11.2. The molecule has 0 spiro atoms. The van der Waals surface area contributed by atoms with Gasteiger partial charge in [0.25, 0.3) is 5.91 Å². The van der Waals surface area contributed by atoms with Crippen molar-refractivity contribution in [2.24, 2.45) is 0 Å². The van der Waals surface area contributed by atoms with Crippen LogP contribution in [0.4, 0.5) is 5.95 Å². The Labute approximate surface area is 203 Å². The summed E-state index contributed by atoms with van der Waals surface area (Å²) in [6.45, 7) is 9.65. The molecule has 1 heterocycles. The van der Waals surface area contributed by atoms with E-state index >= 15 is 0 Å². The summed E-state index contributed by atoms with van der Waals surface area (Å²) >= 11 is 6.14. The number of nitrogens with one attached hydrogen (secondary N) is 1. The third kappa shape index (κ3) is 6.73. The number of anilines is 1. The van der Waals surface area contributed by atoms with Crippen LogP contribution in [0.1, 0.15) is 75.2 Å². The fourth-order valence-corrected chi connectivity index (χ4v) is 4.17. The van der Waals surface area contributed by atoms with Gasteiger partial charge < -0.3 is 14.8 Å². The summed E-state index contributed by atoms with van der Waals surface area (Å²) in [5.74, 6) is 0.951. The van der Waals surface area contributed by atoms with E-state index in [1.54, 1.807) is 0 Å². The molecule has 0 saturated carbocycles. The standard InChI is InChI=1S/C27H37ClN4O/c1-4-7-15-31(16-8-5-2)26(33)22-13-14-24-25(19-22)32(17-9-6-3)27(30-24)29-20-21-11-10-12-23(28)18-21/h10-14,18-19H,4-9,15-17,20H2,1-3H3,(H,29,30). The molecular weight excluding hydrogens is 432 g/mol. The highest BCUT2D eigenvalue weighted by Crippen LogP contribution is 2.24. The fraction of sp³-hybridized carbons (Fsp3) is 0.481. The van der Waals surface area contributed by atoms with Gasteiger partial charge in [0.1, 0.15) is 0 Å². The number of benzene rings is 2. The molecule has 0 atom stereocenters. The van der Waals surface area contributed by atoms with Gasteiger partial charge in [-0.25, -0.2) is 4.98 Å². The molecule has 0 aliphatic rings. The van der Waals surface area contributed by atoms with E-state index in [9.17, 15) is 4.79 Å². The SMILES string of the molecule is CCCCN(CCCC)C(=O)c1ccc2nc(NCc3cccc(Cl)c3)n(CCCC)c2c1. The van der Waals surface area contributed by atoms with Crippen molar-refractivity contribution in [3.63, 3.8) is 0 Å². The van der Waals surface area contributed by atoms with Crippen molar-refractivity contribution < 1.29 is 4.79 Å². The number of aryl methyl sites for hydroxylation is 1. The van der Waals surface area contributed by atoms with E-state index in [1.807, 2.05) is 41.3 Å². The Bertz CT molecular complexity index is 1040. The highest BCUT2D eigenvalue weighted by Gasteiger charge is 2.18. The first-order valence-corrected chi connectivity index (χ1v) is 12.7. The van der Waals surface area contributed by atoms with Crippen LogP contribution in [0, 0.1) is 0 Å². The summed E-state index contributed by atoms with van der Waals surface area (Å²) in [4.78, 5) is 20.2.